The molecule has 82 valence electrons. The molecule has 1 N–H and O–H groups in total. The fourth-order valence-corrected chi connectivity index (χ4v) is 1.94. The van der Waals surface area contributed by atoms with Gasteiger partial charge < -0.3 is 4.98 Å². The Hall–Kier alpha value is -1.25. The second-order valence-corrected chi connectivity index (χ2v) is 4.10. The molecule has 0 aliphatic heterocycles. The van der Waals surface area contributed by atoms with Crippen molar-refractivity contribution < 1.29 is 0 Å². The van der Waals surface area contributed by atoms with E-state index in [1.54, 1.807) is 12.4 Å². The monoisotopic (exact) mass is 252 g/mol. The number of allylic oxidation sites excluding steroid dienone is 1. The van der Waals surface area contributed by atoms with Gasteiger partial charge in [0.25, 0.3) is 0 Å². The Morgan fingerprint density at radius 2 is 2.00 bits per heavy atom. The molecule has 0 unspecified atom stereocenters. The average molecular weight is 253 g/mol. The molecule has 4 heteroatoms. The van der Waals surface area contributed by atoms with Crippen LogP contribution in [0, 0.1) is 0 Å². The highest BCUT2D eigenvalue weighted by molar-refractivity contribution is 6.36. The van der Waals surface area contributed by atoms with Crippen molar-refractivity contribution in [3.05, 3.63) is 58.1 Å². The van der Waals surface area contributed by atoms with Gasteiger partial charge in [0.1, 0.15) is 5.82 Å². The fourth-order valence-electron chi connectivity index (χ4n) is 1.38. The molecule has 2 aromatic rings. The van der Waals surface area contributed by atoms with Gasteiger partial charge in [-0.25, -0.2) is 4.98 Å². The van der Waals surface area contributed by atoms with E-state index in [0.717, 1.165) is 11.4 Å². The lowest BCUT2D eigenvalue weighted by molar-refractivity contribution is 1.24. The summed E-state index contributed by atoms with van der Waals surface area (Å²) in [5, 5.41) is 1.38. The molecule has 0 saturated heterocycles. The van der Waals surface area contributed by atoms with E-state index in [1.165, 1.54) is 0 Å². The SMILES string of the molecule is Clc1cccc(Cl)c1CC=Cc1ncc[nH]1. The van der Waals surface area contributed by atoms with Crippen LogP contribution in [0.1, 0.15) is 11.4 Å². The van der Waals surface area contributed by atoms with Crippen molar-refractivity contribution in [3.63, 3.8) is 0 Å². The number of rotatable bonds is 3. The van der Waals surface area contributed by atoms with Crippen molar-refractivity contribution in [1.82, 2.24) is 9.97 Å². The van der Waals surface area contributed by atoms with Gasteiger partial charge in [-0.05, 0) is 30.2 Å². The Labute approximate surface area is 104 Å². The molecule has 2 nitrogen and oxygen atoms in total. The van der Waals surface area contributed by atoms with E-state index in [0.29, 0.717) is 16.5 Å². The summed E-state index contributed by atoms with van der Waals surface area (Å²) in [5.74, 6) is 0.822. The number of imidazole rings is 1. The number of H-pyrrole nitrogens is 1. The molecule has 0 bridgehead atoms. The number of aromatic amines is 1. The minimum absolute atomic E-state index is 0.691. The Kier molecular flexibility index (Phi) is 3.65. The topological polar surface area (TPSA) is 28.7 Å². The molecule has 1 aromatic heterocycles. The van der Waals surface area contributed by atoms with E-state index in [2.05, 4.69) is 9.97 Å². The van der Waals surface area contributed by atoms with E-state index in [9.17, 15) is 0 Å². The number of benzene rings is 1. The Balaban J connectivity index is 2.10. The molecule has 1 aromatic carbocycles. The minimum Gasteiger partial charge on any atom is -0.345 e. The number of aromatic nitrogens is 2. The van der Waals surface area contributed by atoms with Crippen LogP contribution in [-0.4, -0.2) is 9.97 Å². The van der Waals surface area contributed by atoms with E-state index in [1.807, 2.05) is 30.4 Å². The second-order valence-electron chi connectivity index (χ2n) is 3.28. The summed E-state index contributed by atoms with van der Waals surface area (Å²) in [6, 6.07) is 5.51. The van der Waals surface area contributed by atoms with E-state index < -0.39 is 0 Å². The van der Waals surface area contributed by atoms with Gasteiger partial charge in [-0.3, -0.25) is 0 Å². The summed E-state index contributed by atoms with van der Waals surface area (Å²) >= 11 is 12.1. The smallest absolute Gasteiger partial charge is 0.129 e. The van der Waals surface area contributed by atoms with Crippen molar-refractivity contribution in [2.24, 2.45) is 0 Å². The third-order valence-electron chi connectivity index (χ3n) is 2.18. The van der Waals surface area contributed by atoms with Crippen molar-refractivity contribution >= 4 is 29.3 Å². The van der Waals surface area contributed by atoms with Crippen LogP contribution in [0.25, 0.3) is 6.08 Å². The second kappa shape index (κ2) is 5.19. The third-order valence-corrected chi connectivity index (χ3v) is 2.89. The minimum atomic E-state index is 0.691. The summed E-state index contributed by atoms with van der Waals surface area (Å²) in [7, 11) is 0. The van der Waals surface area contributed by atoms with Gasteiger partial charge in [-0.2, -0.15) is 0 Å². The number of hydrogen-bond donors (Lipinski definition) is 1. The van der Waals surface area contributed by atoms with Gasteiger partial charge in [0.15, 0.2) is 0 Å². The first-order valence-corrected chi connectivity index (χ1v) is 5.62. The molecular formula is C12H10Cl2N2. The van der Waals surface area contributed by atoms with Gasteiger partial charge in [0.05, 0.1) is 0 Å². The summed E-state index contributed by atoms with van der Waals surface area (Å²) in [6.07, 6.45) is 8.06. The maximum absolute atomic E-state index is 6.05. The summed E-state index contributed by atoms with van der Waals surface area (Å²) < 4.78 is 0. The maximum Gasteiger partial charge on any atom is 0.129 e. The Morgan fingerprint density at radius 3 is 2.62 bits per heavy atom. The highest BCUT2D eigenvalue weighted by atomic mass is 35.5. The lowest BCUT2D eigenvalue weighted by Gasteiger charge is -2.02. The molecule has 0 atom stereocenters. The highest BCUT2D eigenvalue weighted by Gasteiger charge is 2.02. The van der Waals surface area contributed by atoms with Crippen LogP contribution >= 0.6 is 23.2 Å². The quantitative estimate of drug-likeness (QED) is 0.880. The predicted octanol–water partition coefficient (Wildman–Crippen LogP) is 3.97. The summed E-state index contributed by atoms with van der Waals surface area (Å²) in [5.41, 5.74) is 0.939. The van der Waals surface area contributed by atoms with Gasteiger partial charge in [-0.15, -0.1) is 0 Å². The lowest BCUT2D eigenvalue weighted by Crippen LogP contribution is -1.85. The van der Waals surface area contributed by atoms with Crippen molar-refractivity contribution in [2.75, 3.05) is 0 Å². The molecule has 16 heavy (non-hydrogen) atoms. The first kappa shape index (κ1) is 11.2. The Morgan fingerprint density at radius 1 is 1.25 bits per heavy atom. The van der Waals surface area contributed by atoms with Gasteiger partial charge in [0.2, 0.25) is 0 Å². The van der Waals surface area contributed by atoms with Crippen LogP contribution in [0.5, 0.6) is 0 Å². The van der Waals surface area contributed by atoms with Gasteiger partial charge in [-0.1, -0.05) is 35.3 Å². The number of nitrogens with one attached hydrogen (secondary N) is 1. The van der Waals surface area contributed by atoms with Crippen LogP contribution in [0.3, 0.4) is 0 Å². The zero-order chi connectivity index (χ0) is 11.4. The predicted molar refractivity (Wildman–Crippen MR) is 67.8 cm³/mol. The first-order chi connectivity index (χ1) is 7.77. The normalized spacial score (nSPS) is 11.1. The van der Waals surface area contributed by atoms with Crippen LogP contribution in [0.2, 0.25) is 10.0 Å². The van der Waals surface area contributed by atoms with Crippen molar-refractivity contribution in [1.29, 1.82) is 0 Å². The third kappa shape index (κ3) is 2.65. The fraction of sp³-hybridized carbons (Fsp3) is 0.0833. The molecule has 1 heterocycles. The van der Waals surface area contributed by atoms with E-state index in [-0.39, 0.29) is 0 Å². The zero-order valence-corrected chi connectivity index (χ0v) is 9.96. The largest absolute Gasteiger partial charge is 0.345 e. The van der Waals surface area contributed by atoms with E-state index >= 15 is 0 Å². The molecular weight excluding hydrogens is 243 g/mol. The molecule has 0 amide bonds. The van der Waals surface area contributed by atoms with Crippen molar-refractivity contribution in [3.8, 4) is 0 Å². The standard InChI is InChI=1S/C12H10Cl2N2/c13-10-4-2-5-11(14)9(10)3-1-6-12-15-7-8-16-12/h1-2,4-8H,3H2,(H,15,16). The molecule has 0 aliphatic rings. The molecule has 0 aliphatic carbocycles. The molecule has 0 fully saturated rings. The maximum atomic E-state index is 6.05. The highest BCUT2D eigenvalue weighted by Crippen LogP contribution is 2.24. The van der Waals surface area contributed by atoms with Gasteiger partial charge >= 0.3 is 0 Å². The van der Waals surface area contributed by atoms with Gasteiger partial charge in [0, 0.05) is 22.4 Å². The molecule has 0 spiro atoms. The zero-order valence-electron chi connectivity index (χ0n) is 8.45. The molecule has 0 radical (unpaired) electrons. The first-order valence-electron chi connectivity index (χ1n) is 4.86. The average Bonchev–Trinajstić information content (AvgIpc) is 2.75. The number of hydrogen-bond acceptors (Lipinski definition) is 1. The van der Waals surface area contributed by atoms with Crippen LogP contribution in [0.15, 0.2) is 36.7 Å². The summed E-state index contributed by atoms with van der Waals surface area (Å²) in [4.78, 5) is 7.07. The van der Waals surface area contributed by atoms with Crippen LogP contribution in [-0.2, 0) is 6.42 Å². The van der Waals surface area contributed by atoms with E-state index in [4.69, 9.17) is 23.2 Å². The molecule has 2 rings (SSSR count). The number of nitrogens with zero attached hydrogens (tertiary/aromatic N) is 1. The number of halogens is 2. The van der Waals surface area contributed by atoms with Crippen LogP contribution in [0.4, 0.5) is 0 Å². The Bertz CT molecular complexity index is 469. The summed E-state index contributed by atoms with van der Waals surface area (Å²) in [6.45, 7) is 0. The van der Waals surface area contributed by atoms with Crippen molar-refractivity contribution in [2.45, 2.75) is 6.42 Å². The lowest BCUT2D eigenvalue weighted by atomic mass is 10.1. The van der Waals surface area contributed by atoms with Crippen LogP contribution < -0.4 is 0 Å². The molecule has 0 saturated carbocycles.